The highest BCUT2D eigenvalue weighted by molar-refractivity contribution is 7.60. The van der Waals surface area contributed by atoms with Crippen LogP contribution in [-0.2, 0) is 9.09 Å². The van der Waals surface area contributed by atoms with Crippen LogP contribution in [0.4, 0.5) is 0 Å². The molecule has 1 atom stereocenters. The molecule has 3 nitrogen and oxygen atoms in total. The predicted molar refractivity (Wildman–Crippen MR) is 76.4 cm³/mol. The van der Waals surface area contributed by atoms with Crippen molar-refractivity contribution < 1.29 is 14.2 Å². The van der Waals surface area contributed by atoms with Crippen molar-refractivity contribution in [2.45, 2.75) is 70.1 Å². The van der Waals surface area contributed by atoms with Crippen molar-refractivity contribution in [2.75, 3.05) is 6.35 Å². The number of hydrogen-bond acceptors (Lipinski definition) is 3. The summed E-state index contributed by atoms with van der Waals surface area (Å²) in [4.78, 5) is 0. The molecule has 0 aromatic rings. The van der Waals surface area contributed by atoms with E-state index in [0.29, 0.717) is 0 Å². The Labute approximate surface area is 116 Å². The molecule has 0 aromatic heterocycles. The van der Waals surface area contributed by atoms with Crippen molar-refractivity contribution in [3.63, 3.8) is 0 Å². The summed E-state index contributed by atoms with van der Waals surface area (Å²) in [6.07, 6.45) is 6.93. The third-order valence-corrected chi connectivity index (χ3v) is 8.63. The molecule has 4 fully saturated rings. The van der Waals surface area contributed by atoms with Gasteiger partial charge in [0, 0.05) is 5.16 Å². The summed E-state index contributed by atoms with van der Waals surface area (Å²) in [6, 6.07) is 0. The molecule has 4 aliphatic rings. The quantitative estimate of drug-likeness (QED) is 0.798. The van der Waals surface area contributed by atoms with Gasteiger partial charge in [0.2, 0.25) is 7.37 Å². The second-order valence-electron chi connectivity index (χ2n) is 8.18. The van der Waals surface area contributed by atoms with E-state index in [-0.39, 0.29) is 11.9 Å². The fraction of sp³-hybridized carbons (Fsp3) is 1.00. The van der Waals surface area contributed by atoms with Crippen LogP contribution in [0.5, 0.6) is 0 Å². The van der Waals surface area contributed by atoms with Gasteiger partial charge in [-0.3, -0.25) is 4.57 Å². The van der Waals surface area contributed by atoms with Gasteiger partial charge in [-0.2, -0.15) is 0 Å². The smallest absolute Gasteiger partial charge is 0.233 e. The Balaban J connectivity index is 1.84. The van der Waals surface area contributed by atoms with Gasteiger partial charge in [0.15, 0.2) is 0 Å². The summed E-state index contributed by atoms with van der Waals surface area (Å²) in [5.74, 6) is 2.33. The highest BCUT2D eigenvalue weighted by atomic mass is 31.2. The molecular formula is C15H27O3P. The first-order valence-corrected chi connectivity index (χ1v) is 9.47. The predicted octanol–water partition coefficient (Wildman–Crippen LogP) is 4.00. The Bertz CT molecular complexity index is 375. The molecule has 110 valence electrons. The van der Waals surface area contributed by atoms with Crippen molar-refractivity contribution >= 4 is 7.37 Å². The molecule has 0 spiro atoms. The van der Waals surface area contributed by atoms with Gasteiger partial charge in [0.25, 0.3) is 0 Å². The topological polar surface area (TPSA) is 46.5 Å². The maximum atomic E-state index is 13.0. The Morgan fingerprint density at radius 2 is 1.53 bits per heavy atom. The summed E-state index contributed by atoms with van der Waals surface area (Å²) >= 11 is 0. The van der Waals surface area contributed by atoms with E-state index in [1.807, 2.05) is 20.8 Å². The fourth-order valence-electron chi connectivity index (χ4n) is 4.83. The van der Waals surface area contributed by atoms with Gasteiger partial charge in [-0.05, 0) is 56.3 Å². The first-order valence-electron chi connectivity index (χ1n) is 7.66. The zero-order chi connectivity index (χ0) is 13.9. The Kier molecular flexibility index (Phi) is 3.21. The van der Waals surface area contributed by atoms with E-state index in [2.05, 4.69) is 0 Å². The molecule has 0 radical (unpaired) electrons. The molecule has 1 N–H and O–H groups in total. The van der Waals surface area contributed by atoms with Gasteiger partial charge in [-0.1, -0.05) is 20.8 Å². The minimum absolute atomic E-state index is 0.180. The first kappa shape index (κ1) is 14.1. The zero-order valence-corrected chi connectivity index (χ0v) is 13.3. The molecule has 4 bridgehead atoms. The highest BCUT2D eigenvalue weighted by Crippen LogP contribution is 2.66. The van der Waals surface area contributed by atoms with Gasteiger partial charge < -0.3 is 9.63 Å². The van der Waals surface area contributed by atoms with Crippen LogP contribution >= 0.6 is 7.37 Å². The van der Waals surface area contributed by atoms with Gasteiger partial charge in [-0.15, -0.1) is 0 Å². The average molecular weight is 286 g/mol. The highest BCUT2D eigenvalue weighted by Gasteiger charge is 2.55. The van der Waals surface area contributed by atoms with E-state index < -0.39 is 12.5 Å². The molecule has 4 aliphatic carbocycles. The average Bonchev–Trinajstić information content (AvgIpc) is 2.24. The van der Waals surface area contributed by atoms with Gasteiger partial charge in [0.1, 0.15) is 6.35 Å². The van der Waals surface area contributed by atoms with Crippen LogP contribution in [0, 0.1) is 17.8 Å². The van der Waals surface area contributed by atoms with Crippen LogP contribution in [0.1, 0.15) is 59.3 Å². The maximum Gasteiger partial charge on any atom is 0.233 e. The Morgan fingerprint density at radius 3 is 1.84 bits per heavy atom. The van der Waals surface area contributed by atoms with Crippen molar-refractivity contribution in [2.24, 2.45) is 17.8 Å². The van der Waals surface area contributed by atoms with Crippen molar-refractivity contribution in [1.29, 1.82) is 0 Å². The summed E-state index contributed by atoms with van der Waals surface area (Å²) in [7, 11) is -2.98. The summed E-state index contributed by atoms with van der Waals surface area (Å²) < 4.78 is 19.3. The normalized spacial score (nSPS) is 44.3. The van der Waals surface area contributed by atoms with Crippen LogP contribution in [0.3, 0.4) is 0 Å². The first-order chi connectivity index (χ1) is 8.75. The minimum atomic E-state index is -2.98. The van der Waals surface area contributed by atoms with E-state index in [9.17, 15) is 9.67 Å². The molecule has 19 heavy (non-hydrogen) atoms. The number of hydrogen-bond donors (Lipinski definition) is 1. The largest absolute Gasteiger partial charge is 0.386 e. The number of aliphatic hydroxyl groups excluding tert-OH is 1. The molecule has 0 saturated heterocycles. The molecule has 0 heterocycles. The molecular weight excluding hydrogens is 259 g/mol. The zero-order valence-electron chi connectivity index (χ0n) is 12.4. The lowest BCUT2D eigenvalue weighted by Gasteiger charge is -2.57. The molecule has 0 aliphatic heterocycles. The monoisotopic (exact) mass is 286 g/mol. The lowest BCUT2D eigenvalue weighted by molar-refractivity contribution is -0.108. The maximum absolute atomic E-state index is 13.0. The summed E-state index contributed by atoms with van der Waals surface area (Å²) in [5, 5.41) is 9.17. The van der Waals surface area contributed by atoms with E-state index in [1.165, 1.54) is 19.3 Å². The molecule has 4 rings (SSSR count). The van der Waals surface area contributed by atoms with Crippen molar-refractivity contribution in [3.05, 3.63) is 0 Å². The lowest BCUT2D eigenvalue weighted by atomic mass is 9.54. The van der Waals surface area contributed by atoms with Gasteiger partial charge in [0.05, 0.1) is 5.60 Å². The van der Waals surface area contributed by atoms with Crippen LogP contribution in [0.15, 0.2) is 0 Å². The van der Waals surface area contributed by atoms with E-state index >= 15 is 0 Å². The molecule has 4 saturated carbocycles. The fourth-order valence-corrected chi connectivity index (χ4v) is 6.44. The van der Waals surface area contributed by atoms with Crippen LogP contribution in [-0.4, -0.2) is 22.2 Å². The second kappa shape index (κ2) is 4.32. The molecule has 4 heteroatoms. The van der Waals surface area contributed by atoms with Gasteiger partial charge in [-0.25, -0.2) is 0 Å². The van der Waals surface area contributed by atoms with Crippen LogP contribution < -0.4 is 0 Å². The van der Waals surface area contributed by atoms with E-state index in [0.717, 1.165) is 37.0 Å². The lowest BCUT2D eigenvalue weighted by Crippen LogP contribution is -2.52. The Morgan fingerprint density at radius 1 is 1.11 bits per heavy atom. The Hall–Kier alpha value is 0.150. The molecule has 0 amide bonds. The minimum Gasteiger partial charge on any atom is -0.386 e. The standard InChI is InChI=1S/C15H27O3P/c1-14(2,3)19(17,10-16)18-15-7-11-4-12(8-15)6-13(5-11)9-15/h11-13,16H,4-10H2,1-3H3. The van der Waals surface area contributed by atoms with E-state index in [4.69, 9.17) is 4.52 Å². The molecule has 0 aromatic carbocycles. The van der Waals surface area contributed by atoms with Crippen molar-refractivity contribution in [1.82, 2.24) is 0 Å². The van der Waals surface area contributed by atoms with Crippen LogP contribution in [0.2, 0.25) is 0 Å². The third kappa shape index (κ3) is 2.32. The number of aliphatic hydroxyl groups is 1. The number of rotatable bonds is 3. The SMILES string of the molecule is CC(C)(C)P(=O)(CO)OC12CC3CC(CC(C3)C1)C2. The third-order valence-electron chi connectivity index (χ3n) is 5.53. The molecule has 1 unspecified atom stereocenters. The van der Waals surface area contributed by atoms with Crippen molar-refractivity contribution in [3.8, 4) is 0 Å². The second-order valence-corrected chi connectivity index (χ2v) is 11.3. The van der Waals surface area contributed by atoms with E-state index in [1.54, 1.807) is 0 Å². The van der Waals surface area contributed by atoms with Crippen LogP contribution in [0.25, 0.3) is 0 Å². The van der Waals surface area contributed by atoms with Gasteiger partial charge >= 0.3 is 0 Å². The summed E-state index contributed by atoms with van der Waals surface area (Å²) in [5.41, 5.74) is -0.180. The summed E-state index contributed by atoms with van der Waals surface area (Å²) in [6.45, 7) is 5.76.